The summed E-state index contributed by atoms with van der Waals surface area (Å²) >= 11 is 11.9. The van der Waals surface area contributed by atoms with Gasteiger partial charge in [-0.2, -0.15) is 5.10 Å². The summed E-state index contributed by atoms with van der Waals surface area (Å²) in [5, 5.41) is 15.3. The minimum atomic E-state index is -0.995. The predicted molar refractivity (Wildman–Crippen MR) is 77.7 cm³/mol. The highest BCUT2D eigenvalue weighted by atomic mass is 35.5. The molecule has 0 spiro atoms. The van der Waals surface area contributed by atoms with Crippen molar-refractivity contribution < 1.29 is 9.50 Å². The van der Waals surface area contributed by atoms with Gasteiger partial charge in [0, 0.05) is 24.1 Å². The lowest BCUT2D eigenvalue weighted by Crippen LogP contribution is -2.08. The molecule has 1 atom stereocenters. The van der Waals surface area contributed by atoms with Crippen molar-refractivity contribution in [2.75, 3.05) is 0 Å². The smallest absolute Gasteiger partial charge is 0.130 e. The van der Waals surface area contributed by atoms with Crippen molar-refractivity contribution in [3.8, 4) is 0 Å². The van der Waals surface area contributed by atoms with E-state index in [0.29, 0.717) is 22.2 Å². The number of aryl methyl sites for hydroxylation is 2. The predicted octanol–water partition coefficient (Wildman–Crippen LogP) is 3.70. The number of aliphatic hydroxyl groups excluding tert-OH is 1. The monoisotopic (exact) mass is 316 g/mol. The van der Waals surface area contributed by atoms with Crippen LogP contribution in [0.3, 0.4) is 0 Å². The van der Waals surface area contributed by atoms with Crippen molar-refractivity contribution >= 4 is 23.2 Å². The zero-order chi connectivity index (χ0) is 14.9. The highest BCUT2D eigenvalue weighted by Gasteiger charge is 2.19. The molecule has 20 heavy (non-hydrogen) atoms. The number of aromatic nitrogens is 2. The van der Waals surface area contributed by atoms with Crippen molar-refractivity contribution in [3.05, 3.63) is 51.0 Å². The second-order valence-electron chi connectivity index (χ2n) is 4.57. The molecule has 108 valence electrons. The molecule has 0 bridgehead atoms. The summed E-state index contributed by atoms with van der Waals surface area (Å²) in [7, 11) is 1.76. The van der Waals surface area contributed by atoms with Crippen LogP contribution in [0.15, 0.2) is 18.2 Å². The summed E-state index contributed by atoms with van der Waals surface area (Å²) in [4.78, 5) is 0. The first-order valence-electron chi connectivity index (χ1n) is 6.27. The van der Waals surface area contributed by atoms with Gasteiger partial charge in [0.2, 0.25) is 0 Å². The molecule has 0 aliphatic carbocycles. The van der Waals surface area contributed by atoms with Gasteiger partial charge < -0.3 is 5.11 Å². The van der Waals surface area contributed by atoms with E-state index in [0.717, 1.165) is 5.69 Å². The highest BCUT2D eigenvalue weighted by molar-refractivity contribution is 6.32. The number of nitrogens with zero attached hydrogens (tertiary/aromatic N) is 2. The van der Waals surface area contributed by atoms with Gasteiger partial charge in [-0.3, -0.25) is 4.68 Å². The fourth-order valence-electron chi connectivity index (χ4n) is 2.11. The largest absolute Gasteiger partial charge is 0.388 e. The fraction of sp³-hybridized carbons (Fsp3) is 0.357. The van der Waals surface area contributed by atoms with Crippen LogP contribution in [0.2, 0.25) is 10.0 Å². The molecule has 3 nitrogen and oxygen atoms in total. The summed E-state index contributed by atoms with van der Waals surface area (Å²) in [6.45, 7) is 1.95. The molecule has 1 N–H and O–H groups in total. The topological polar surface area (TPSA) is 38.0 Å². The first kappa shape index (κ1) is 15.3. The first-order valence-corrected chi connectivity index (χ1v) is 7.02. The molecule has 1 aromatic heterocycles. The standard InChI is InChI=1S/C14H15Cl2FN2O/c1-3-11-14(16)12(19(2)18-11)7-13(20)9-5-4-8(15)6-10(9)17/h4-6,13,20H,3,7H2,1-2H3. The van der Waals surface area contributed by atoms with E-state index >= 15 is 0 Å². The maximum Gasteiger partial charge on any atom is 0.130 e. The van der Waals surface area contributed by atoms with Crippen LogP contribution < -0.4 is 0 Å². The van der Waals surface area contributed by atoms with Crippen molar-refractivity contribution in [2.24, 2.45) is 7.05 Å². The Morgan fingerprint density at radius 1 is 1.40 bits per heavy atom. The Morgan fingerprint density at radius 2 is 2.10 bits per heavy atom. The lowest BCUT2D eigenvalue weighted by atomic mass is 10.0. The summed E-state index contributed by atoms with van der Waals surface area (Å²) in [6, 6.07) is 4.21. The maximum absolute atomic E-state index is 13.8. The minimum absolute atomic E-state index is 0.195. The Labute approximate surface area is 126 Å². The van der Waals surface area contributed by atoms with Crippen LogP contribution in [0, 0.1) is 5.82 Å². The number of hydrogen-bond acceptors (Lipinski definition) is 2. The van der Waals surface area contributed by atoms with Gasteiger partial charge in [-0.15, -0.1) is 0 Å². The normalized spacial score (nSPS) is 12.7. The first-order chi connectivity index (χ1) is 9.43. The number of benzene rings is 1. The minimum Gasteiger partial charge on any atom is -0.388 e. The van der Waals surface area contributed by atoms with Crippen LogP contribution in [-0.2, 0) is 19.9 Å². The number of rotatable bonds is 4. The van der Waals surface area contributed by atoms with Gasteiger partial charge in [-0.05, 0) is 18.6 Å². The van der Waals surface area contributed by atoms with E-state index in [1.165, 1.54) is 12.1 Å². The SMILES string of the molecule is CCc1nn(C)c(CC(O)c2ccc(Cl)cc2F)c1Cl. The second kappa shape index (κ2) is 6.12. The number of aliphatic hydroxyl groups is 1. The lowest BCUT2D eigenvalue weighted by Gasteiger charge is -2.12. The van der Waals surface area contributed by atoms with E-state index in [2.05, 4.69) is 5.10 Å². The number of hydrogen-bond donors (Lipinski definition) is 1. The molecule has 0 fully saturated rings. The van der Waals surface area contributed by atoms with Crippen LogP contribution in [0.25, 0.3) is 0 Å². The molecule has 0 saturated heterocycles. The van der Waals surface area contributed by atoms with Crippen LogP contribution in [-0.4, -0.2) is 14.9 Å². The highest BCUT2D eigenvalue weighted by Crippen LogP contribution is 2.28. The molecule has 2 aromatic rings. The molecule has 0 saturated carbocycles. The van der Waals surface area contributed by atoms with Crippen molar-refractivity contribution in [3.63, 3.8) is 0 Å². The summed E-state index contributed by atoms with van der Waals surface area (Å²) in [5.74, 6) is -0.529. The van der Waals surface area contributed by atoms with Gasteiger partial charge in [-0.1, -0.05) is 36.2 Å². The van der Waals surface area contributed by atoms with Gasteiger partial charge in [0.25, 0.3) is 0 Å². The van der Waals surface area contributed by atoms with E-state index < -0.39 is 11.9 Å². The van der Waals surface area contributed by atoms with Crippen LogP contribution in [0.5, 0.6) is 0 Å². The molecular weight excluding hydrogens is 302 g/mol. The van der Waals surface area contributed by atoms with Gasteiger partial charge >= 0.3 is 0 Å². The van der Waals surface area contributed by atoms with Crippen LogP contribution >= 0.6 is 23.2 Å². The zero-order valence-electron chi connectivity index (χ0n) is 11.2. The summed E-state index contributed by atoms with van der Waals surface area (Å²) in [5.41, 5.74) is 1.66. The Hall–Kier alpha value is -1.10. The molecule has 2 rings (SSSR count). The molecule has 1 heterocycles. The molecular formula is C14H15Cl2FN2O. The Morgan fingerprint density at radius 3 is 2.65 bits per heavy atom. The third-order valence-electron chi connectivity index (χ3n) is 3.21. The van der Waals surface area contributed by atoms with Crippen LogP contribution in [0.4, 0.5) is 4.39 Å². The summed E-state index contributed by atoms with van der Waals surface area (Å²) < 4.78 is 15.4. The van der Waals surface area contributed by atoms with Gasteiger partial charge in [-0.25, -0.2) is 4.39 Å². The van der Waals surface area contributed by atoms with Crippen molar-refractivity contribution in [1.82, 2.24) is 9.78 Å². The Bertz CT molecular complexity index is 628. The third kappa shape index (κ3) is 2.97. The number of halogens is 3. The molecule has 1 aromatic carbocycles. The van der Waals surface area contributed by atoms with Gasteiger partial charge in [0.15, 0.2) is 0 Å². The second-order valence-corrected chi connectivity index (χ2v) is 5.38. The van der Waals surface area contributed by atoms with E-state index in [1.807, 2.05) is 6.92 Å². The molecule has 0 radical (unpaired) electrons. The van der Waals surface area contributed by atoms with Crippen LogP contribution in [0.1, 0.15) is 30.0 Å². The third-order valence-corrected chi connectivity index (χ3v) is 3.88. The van der Waals surface area contributed by atoms with E-state index in [9.17, 15) is 9.50 Å². The lowest BCUT2D eigenvalue weighted by molar-refractivity contribution is 0.171. The van der Waals surface area contributed by atoms with E-state index in [1.54, 1.807) is 17.8 Å². The van der Waals surface area contributed by atoms with Crippen molar-refractivity contribution in [2.45, 2.75) is 25.9 Å². The molecule has 6 heteroatoms. The average Bonchev–Trinajstić information content (AvgIpc) is 2.66. The van der Waals surface area contributed by atoms with E-state index in [4.69, 9.17) is 23.2 Å². The quantitative estimate of drug-likeness (QED) is 0.933. The van der Waals surface area contributed by atoms with Gasteiger partial charge in [0.1, 0.15) is 5.82 Å². The maximum atomic E-state index is 13.8. The van der Waals surface area contributed by atoms with Gasteiger partial charge in [0.05, 0.1) is 22.5 Å². The zero-order valence-corrected chi connectivity index (χ0v) is 12.7. The Kier molecular flexibility index (Phi) is 4.68. The van der Waals surface area contributed by atoms with E-state index in [-0.39, 0.29) is 12.0 Å². The molecule has 0 aliphatic rings. The molecule has 0 aliphatic heterocycles. The average molecular weight is 317 g/mol. The molecule has 1 unspecified atom stereocenters. The summed E-state index contributed by atoms with van der Waals surface area (Å²) in [6.07, 6.45) is -0.0937. The Balaban J connectivity index is 2.27. The van der Waals surface area contributed by atoms with Crippen molar-refractivity contribution in [1.29, 1.82) is 0 Å². The molecule has 0 amide bonds. The fourth-order valence-corrected chi connectivity index (χ4v) is 2.64.